The highest BCUT2D eigenvalue weighted by molar-refractivity contribution is 5.49. The molecule has 18 heavy (non-hydrogen) atoms. The number of hydrogen-bond donors (Lipinski definition) is 2. The summed E-state index contributed by atoms with van der Waals surface area (Å²) in [4.78, 5) is 10.6. The third-order valence-corrected chi connectivity index (χ3v) is 3.08. The van der Waals surface area contributed by atoms with Gasteiger partial charge in [0, 0.05) is 19.1 Å². The van der Waals surface area contributed by atoms with Gasteiger partial charge >= 0.3 is 0 Å². The normalized spacial score (nSPS) is 19.7. The molecule has 96 valence electrons. The van der Waals surface area contributed by atoms with Crippen molar-refractivity contribution in [1.29, 1.82) is 5.26 Å². The van der Waals surface area contributed by atoms with Crippen LogP contribution < -0.4 is 11.1 Å². The molecule has 0 amide bonds. The molecule has 1 saturated heterocycles. The fourth-order valence-corrected chi connectivity index (χ4v) is 2.20. The molecule has 6 nitrogen and oxygen atoms in total. The largest absolute Gasteiger partial charge is 0.382 e. The van der Waals surface area contributed by atoms with Crippen molar-refractivity contribution in [1.82, 2.24) is 14.9 Å². The summed E-state index contributed by atoms with van der Waals surface area (Å²) in [6.07, 6.45) is 3.72. The fourth-order valence-electron chi connectivity index (χ4n) is 2.20. The summed E-state index contributed by atoms with van der Waals surface area (Å²) in [6.45, 7) is 5.44. The van der Waals surface area contributed by atoms with E-state index in [1.54, 1.807) is 0 Å². The third-order valence-electron chi connectivity index (χ3n) is 3.08. The molecule has 0 bridgehead atoms. The lowest BCUT2D eigenvalue weighted by Crippen LogP contribution is -2.27. The van der Waals surface area contributed by atoms with E-state index in [2.05, 4.69) is 27.1 Å². The second kappa shape index (κ2) is 5.65. The Balaban J connectivity index is 1.95. The van der Waals surface area contributed by atoms with E-state index in [0.29, 0.717) is 17.6 Å². The molecule has 0 spiro atoms. The van der Waals surface area contributed by atoms with Gasteiger partial charge in [-0.15, -0.1) is 0 Å². The molecule has 1 aliphatic heterocycles. The summed E-state index contributed by atoms with van der Waals surface area (Å²) in [5.41, 5.74) is 5.98. The van der Waals surface area contributed by atoms with E-state index in [1.165, 1.54) is 12.6 Å². The molecule has 1 fully saturated rings. The van der Waals surface area contributed by atoms with Crippen molar-refractivity contribution in [2.45, 2.75) is 25.8 Å². The van der Waals surface area contributed by atoms with Gasteiger partial charge in [0.1, 0.15) is 17.5 Å². The first-order chi connectivity index (χ1) is 8.72. The van der Waals surface area contributed by atoms with Crippen molar-refractivity contribution in [3.63, 3.8) is 0 Å². The van der Waals surface area contributed by atoms with Gasteiger partial charge in [-0.25, -0.2) is 4.98 Å². The van der Waals surface area contributed by atoms with Gasteiger partial charge in [-0.05, 0) is 19.4 Å². The Bertz CT molecular complexity index is 452. The number of anilines is 2. The predicted molar refractivity (Wildman–Crippen MR) is 69.9 cm³/mol. The maximum absolute atomic E-state index is 8.75. The van der Waals surface area contributed by atoms with Crippen LogP contribution >= 0.6 is 0 Å². The van der Waals surface area contributed by atoms with Gasteiger partial charge < -0.3 is 16.0 Å². The smallest absolute Gasteiger partial charge is 0.224 e. The number of nitrogen functional groups attached to an aromatic ring is 1. The summed E-state index contributed by atoms with van der Waals surface area (Å²) >= 11 is 0. The molecule has 3 N–H and O–H groups in total. The van der Waals surface area contributed by atoms with Crippen molar-refractivity contribution in [2.75, 3.05) is 30.7 Å². The van der Waals surface area contributed by atoms with Crippen LogP contribution in [-0.4, -0.2) is 40.5 Å². The molecular weight excluding hydrogens is 228 g/mol. The Morgan fingerprint density at radius 1 is 1.67 bits per heavy atom. The maximum atomic E-state index is 8.75. The topological polar surface area (TPSA) is 90.9 Å². The van der Waals surface area contributed by atoms with Crippen LogP contribution in [0.5, 0.6) is 0 Å². The van der Waals surface area contributed by atoms with Gasteiger partial charge in [-0.3, -0.25) is 0 Å². The van der Waals surface area contributed by atoms with Crippen LogP contribution in [0.25, 0.3) is 0 Å². The van der Waals surface area contributed by atoms with Crippen LogP contribution in [-0.2, 0) is 0 Å². The Hall–Kier alpha value is -1.87. The first kappa shape index (κ1) is 12.6. The zero-order chi connectivity index (χ0) is 13.0. The fraction of sp³-hybridized carbons (Fsp3) is 0.583. The van der Waals surface area contributed by atoms with Crippen molar-refractivity contribution in [3.8, 4) is 6.07 Å². The molecular formula is C12H18N6. The minimum atomic E-state index is 0.235. The van der Waals surface area contributed by atoms with E-state index in [-0.39, 0.29) is 5.82 Å². The van der Waals surface area contributed by atoms with E-state index in [9.17, 15) is 0 Å². The Kier molecular flexibility index (Phi) is 3.95. The highest BCUT2D eigenvalue weighted by atomic mass is 15.2. The minimum Gasteiger partial charge on any atom is -0.382 e. The summed E-state index contributed by atoms with van der Waals surface area (Å²) < 4.78 is 0. The zero-order valence-electron chi connectivity index (χ0n) is 10.6. The average molecular weight is 246 g/mol. The monoisotopic (exact) mass is 246 g/mol. The van der Waals surface area contributed by atoms with Crippen LogP contribution in [0.4, 0.5) is 11.8 Å². The quantitative estimate of drug-likeness (QED) is 0.817. The lowest BCUT2D eigenvalue weighted by Gasteiger charge is -2.15. The summed E-state index contributed by atoms with van der Waals surface area (Å²) in [5, 5.41) is 12.0. The van der Waals surface area contributed by atoms with Crippen LogP contribution in [0.3, 0.4) is 0 Å². The number of aromatic nitrogens is 2. The highest BCUT2D eigenvalue weighted by Crippen LogP contribution is 2.15. The van der Waals surface area contributed by atoms with Crippen LogP contribution in [0, 0.1) is 11.3 Å². The zero-order valence-corrected chi connectivity index (χ0v) is 10.6. The number of hydrogen-bond acceptors (Lipinski definition) is 6. The summed E-state index contributed by atoms with van der Waals surface area (Å²) in [5.74, 6) is 0.744. The van der Waals surface area contributed by atoms with Crippen LogP contribution in [0.1, 0.15) is 25.3 Å². The minimum absolute atomic E-state index is 0.235. The lowest BCUT2D eigenvalue weighted by molar-refractivity contribution is 0.337. The average Bonchev–Trinajstić information content (AvgIpc) is 2.77. The van der Waals surface area contributed by atoms with Gasteiger partial charge in [0.2, 0.25) is 5.95 Å². The molecule has 2 rings (SSSR count). The molecule has 1 unspecified atom stereocenters. The van der Waals surface area contributed by atoms with E-state index in [1.807, 2.05) is 6.07 Å². The predicted octanol–water partition coefficient (Wildman–Crippen LogP) is 0.827. The van der Waals surface area contributed by atoms with Gasteiger partial charge in [0.25, 0.3) is 0 Å². The number of nitriles is 1. The van der Waals surface area contributed by atoms with Crippen molar-refractivity contribution in [3.05, 3.63) is 11.8 Å². The summed E-state index contributed by atoms with van der Waals surface area (Å²) in [7, 11) is 0. The van der Waals surface area contributed by atoms with Gasteiger partial charge in [-0.2, -0.15) is 10.2 Å². The van der Waals surface area contributed by atoms with Gasteiger partial charge in [-0.1, -0.05) is 6.92 Å². The van der Waals surface area contributed by atoms with Crippen molar-refractivity contribution >= 4 is 11.8 Å². The molecule has 1 aromatic heterocycles. The molecule has 0 aliphatic carbocycles. The molecule has 2 heterocycles. The van der Waals surface area contributed by atoms with E-state index in [4.69, 9.17) is 11.0 Å². The number of nitrogens with zero attached hydrogens (tertiary/aromatic N) is 4. The van der Waals surface area contributed by atoms with E-state index >= 15 is 0 Å². The maximum Gasteiger partial charge on any atom is 0.224 e. The SMILES string of the molecule is CCCN1CCC(Nc2ncc(C#N)c(N)n2)C1. The Morgan fingerprint density at radius 3 is 3.17 bits per heavy atom. The molecule has 1 aliphatic rings. The van der Waals surface area contributed by atoms with E-state index in [0.717, 1.165) is 26.1 Å². The second-order valence-electron chi connectivity index (χ2n) is 4.53. The standard InChI is InChI=1S/C12H18N6/c1-2-4-18-5-3-10(8-18)16-12-15-7-9(6-13)11(14)17-12/h7,10H,2-5,8H2,1H3,(H3,14,15,16,17). The number of nitrogens with two attached hydrogens (primary N) is 1. The second-order valence-corrected chi connectivity index (χ2v) is 4.53. The third kappa shape index (κ3) is 2.87. The number of rotatable bonds is 4. The first-order valence-corrected chi connectivity index (χ1v) is 6.24. The molecule has 1 atom stereocenters. The van der Waals surface area contributed by atoms with Crippen LogP contribution in [0.15, 0.2) is 6.20 Å². The Labute approximate surface area is 107 Å². The molecule has 6 heteroatoms. The van der Waals surface area contributed by atoms with Gasteiger partial charge in [0.15, 0.2) is 0 Å². The Morgan fingerprint density at radius 2 is 2.50 bits per heavy atom. The summed E-state index contributed by atoms with van der Waals surface area (Å²) in [6, 6.07) is 2.32. The molecule has 0 saturated carbocycles. The van der Waals surface area contributed by atoms with Gasteiger partial charge in [0.05, 0.1) is 6.20 Å². The highest BCUT2D eigenvalue weighted by Gasteiger charge is 2.22. The van der Waals surface area contributed by atoms with Crippen molar-refractivity contribution in [2.24, 2.45) is 0 Å². The van der Waals surface area contributed by atoms with E-state index < -0.39 is 0 Å². The molecule has 1 aromatic rings. The number of nitrogens with one attached hydrogen (secondary N) is 1. The molecule has 0 radical (unpaired) electrons. The van der Waals surface area contributed by atoms with Crippen LogP contribution in [0.2, 0.25) is 0 Å². The lowest BCUT2D eigenvalue weighted by atomic mass is 10.3. The van der Waals surface area contributed by atoms with Crippen molar-refractivity contribution < 1.29 is 0 Å². The number of likely N-dealkylation sites (tertiary alicyclic amines) is 1. The molecule has 0 aromatic carbocycles. The first-order valence-electron chi connectivity index (χ1n) is 6.24.